The fraction of sp³-hybridized carbons (Fsp3) is 0.353. The molecule has 6 nitrogen and oxygen atoms in total. The molecule has 3 aromatic rings. The Hall–Kier alpha value is -2.70. The van der Waals surface area contributed by atoms with Crippen molar-refractivity contribution < 1.29 is 8.81 Å². The molecule has 1 saturated heterocycles. The number of fused-ring (bicyclic) bond motifs is 1. The van der Waals surface area contributed by atoms with Crippen LogP contribution in [0.2, 0.25) is 0 Å². The average Bonchev–Trinajstić information content (AvgIpc) is 2.98. The van der Waals surface area contributed by atoms with Gasteiger partial charge < -0.3 is 14.6 Å². The number of anilines is 2. The summed E-state index contributed by atoms with van der Waals surface area (Å²) in [6, 6.07) is 7.28. The predicted octanol–water partition coefficient (Wildman–Crippen LogP) is 3.15. The van der Waals surface area contributed by atoms with Gasteiger partial charge in [0.1, 0.15) is 23.5 Å². The lowest BCUT2D eigenvalue weighted by molar-refractivity contribution is 0.481. The van der Waals surface area contributed by atoms with Crippen molar-refractivity contribution in [3.05, 3.63) is 42.1 Å². The smallest absolute Gasteiger partial charge is 0.298 e. The van der Waals surface area contributed by atoms with E-state index in [9.17, 15) is 4.39 Å². The van der Waals surface area contributed by atoms with Gasteiger partial charge in [-0.15, -0.1) is 0 Å². The van der Waals surface area contributed by atoms with Crippen molar-refractivity contribution in [1.29, 1.82) is 0 Å². The van der Waals surface area contributed by atoms with Crippen LogP contribution in [-0.2, 0) is 0 Å². The molecule has 0 atom stereocenters. The number of aryl methyl sites for hydroxylation is 1. The fourth-order valence-electron chi connectivity index (χ4n) is 2.98. The van der Waals surface area contributed by atoms with Gasteiger partial charge in [-0.25, -0.2) is 14.4 Å². The molecule has 1 fully saturated rings. The molecule has 0 saturated carbocycles. The Bertz CT molecular complexity index is 857. The number of piperidine rings is 1. The molecule has 1 aromatic carbocycles. The summed E-state index contributed by atoms with van der Waals surface area (Å²) in [5.41, 5.74) is 2.12. The Balaban J connectivity index is 1.41. The molecule has 7 heteroatoms. The fourth-order valence-corrected chi connectivity index (χ4v) is 2.98. The van der Waals surface area contributed by atoms with E-state index in [1.807, 2.05) is 13.0 Å². The molecule has 0 unspecified atom stereocenters. The zero-order valence-electron chi connectivity index (χ0n) is 13.4. The molecule has 1 N–H and O–H groups in total. The number of benzene rings is 1. The van der Waals surface area contributed by atoms with Gasteiger partial charge in [-0.05, 0) is 31.9 Å². The molecule has 0 spiro atoms. The summed E-state index contributed by atoms with van der Waals surface area (Å²) >= 11 is 0. The second-order valence-electron chi connectivity index (χ2n) is 6.06. The van der Waals surface area contributed by atoms with E-state index in [4.69, 9.17) is 4.42 Å². The zero-order chi connectivity index (χ0) is 16.5. The van der Waals surface area contributed by atoms with Crippen molar-refractivity contribution in [3.8, 4) is 0 Å². The molecular formula is C17H18FN5O. The normalized spacial score (nSPS) is 15.8. The largest absolute Gasteiger partial charge is 0.423 e. The standard InChI is InChI=1S/C17H18FN5O/c1-11-8-16(20-10-19-11)21-13-4-6-23(7-5-13)17-22-14-3-2-12(18)9-15(14)24-17/h2-3,8-10,13H,4-7H2,1H3,(H,19,20,21). The summed E-state index contributed by atoms with van der Waals surface area (Å²) in [6.45, 7) is 3.61. The lowest BCUT2D eigenvalue weighted by atomic mass is 10.1. The van der Waals surface area contributed by atoms with Crippen LogP contribution in [0.1, 0.15) is 18.5 Å². The molecule has 24 heavy (non-hydrogen) atoms. The van der Waals surface area contributed by atoms with Gasteiger partial charge in [-0.1, -0.05) is 0 Å². The van der Waals surface area contributed by atoms with Crippen LogP contribution in [-0.4, -0.2) is 34.1 Å². The van der Waals surface area contributed by atoms with Crippen LogP contribution in [0.4, 0.5) is 16.2 Å². The third-order valence-corrected chi connectivity index (χ3v) is 4.26. The molecule has 2 aromatic heterocycles. The molecule has 0 amide bonds. The van der Waals surface area contributed by atoms with Crippen molar-refractivity contribution in [3.63, 3.8) is 0 Å². The lowest BCUT2D eigenvalue weighted by Gasteiger charge is -2.31. The second kappa shape index (κ2) is 6.07. The van der Waals surface area contributed by atoms with Crippen LogP contribution in [0.5, 0.6) is 0 Å². The number of nitrogens with one attached hydrogen (secondary N) is 1. The van der Waals surface area contributed by atoms with Crippen molar-refractivity contribution in [2.24, 2.45) is 0 Å². The van der Waals surface area contributed by atoms with Crippen LogP contribution < -0.4 is 10.2 Å². The minimum absolute atomic E-state index is 0.312. The minimum atomic E-state index is -0.312. The van der Waals surface area contributed by atoms with E-state index in [0.717, 1.165) is 37.4 Å². The Morgan fingerprint density at radius 2 is 2.04 bits per heavy atom. The molecule has 0 radical (unpaired) electrons. The molecule has 124 valence electrons. The number of rotatable bonds is 3. The van der Waals surface area contributed by atoms with Gasteiger partial charge in [-0.3, -0.25) is 0 Å². The highest BCUT2D eigenvalue weighted by Gasteiger charge is 2.23. The molecular weight excluding hydrogens is 309 g/mol. The monoisotopic (exact) mass is 327 g/mol. The number of aromatic nitrogens is 3. The highest BCUT2D eigenvalue weighted by Crippen LogP contribution is 2.25. The average molecular weight is 327 g/mol. The van der Waals surface area contributed by atoms with Crippen molar-refractivity contribution in [1.82, 2.24) is 15.0 Å². The number of hydrogen-bond acceptors (Lipinski definition) is 6. The number of halogens is 1. The lowest BCUT2D eigenvalue weighted by Crippen LogP contribution is -2.39. The van der Waals surface area contributed by atoms with Gasteiger partial charge in [0.25, 0.3) is 6.01 Å². The quantitative estimate of drug-likeness (QED) is 0.797. The van der Waals surface area contributed by atoms with E-state index in [0.29, 0.717) is 23.2 Å². The van der Waals surface area contributed by atoms with Crippen molar-refractivity contribution in [2.45, 2.75) is 25.8 Å². The van der Waals surface area contributed by atoms with E-state index in [1.54, 1.807) is 12.4 Å². The molecule has 1 aliphatic heterocycles. The first-order valence-electron chi connectivity index (χ1n) is 8.03. The van der Waals surface area contributed by atoms with E-state index in [1.165, 1.54) is 12.1 Å². The topological polar surface area (TPSA) is 67.1 Å². The van der Waals surface area contributed by atoms with Gasteiger partial charge in [0, 0.05) is 37.0 Å². The van der Waals surface area contributed by atoms with Gasteiger partial charge in [0.05, 0.1) is 0 Å². The molecule has 0 bridgehead atoms. The number of nitrogens with zero attached hydrogens (tertiary/aromatic N) is 4. The first-order chi connectivity index (χ1) is 11.7. The Morgan fingerprint density at radius 3 is 2.83 bits per heavy atom. The van der Waals surface area contributed by atoms with Gasteiger partial charge in [0.15, 0.2) is 5.58 Å². The molecule has 0 aliphatic carbocycles. The summed E-state index contributed by atoms with van der Waals surface area (Å²) in [4.78, 5) is 14.9. The van der Waals surface area contributed by atoms with E-state index in [-0.39, 0.29) is 5.82 Å². The van der Waals surface area contributed by atoms with Gasteiger partial charge in [0.2, 0.25) is 0 Å². The summed E-state index contributed by atoms with van der Waals surface area (Å²) < 4.78 is 18.9. The maximum atomic E-state index is 13.3. The summed E-state index contributed by atoms with van der Waals surface area (Å²) in [5, 5.41) is 3.45. The summed E-state index contributed by atoms with van der Waals surface area (Å²) in [6.07, 6.45) is 3.48. The van der Waals surface area contributed by atoms with Crippen LogP contribution in [0.3, 0.4) is 0 Å². The third-order valence-electron chi connectivity index (χ3n) is 4.26. The van der Waals surface area contributed by atoms with E-state index < -0.39 is 0 Å². The van der Waals surface area contributed by atoms with E-state index >= 15 is 0 Å². The first kappa shape index (κ1) is 14.9. The second-order valence-corrected chi connectivity index (χ2v) is 6.06. The van der Waals surface area contributed by atoms with Crippen LogP contribution in [0.15, 0.2) is 35.0 Å². The van der Waals surface area contributed by atoms with Gasteiger partial charge >= 0.3 is 0 Å². The van der Waals surface area contributed by atoms with Crippen molar-refractivity contribution >= 4 is 22.9 Å². The van der Waals surface area contributed by atoms with Crippen molar-refractivity contribution in [2.75, 3.05) is 23.3 Å². The maximum absolute atomic E-state index is 13.3. The summed E-state index contributed by atoms with van der Waals surface area (Å²) in [7, 11) is 0. The Kier molecular flexibility index (Phi) is 3.76. The van der Waals surface area contributed by atoms with E-state index in [2.05, 4.69) is 25.2 Å². The van der Waals surface area contributed by atoms with Crippen LogP contribution in [0, 0.1) is 12.7 Å². The molecule has 3 heterocycles. The first-order valence-corrected chi connectivity index (χ1v) is 8.03. The van der Waals surface area contributed by atoms with Crippen LogP contribution >= 0.6 is 0 Å². The summed E-state index contributed by atoms with van der Waals surface area (Å²) in [5.74, 6) is 0.548. The van der Waals surface area contributed by atoms with Gasteiger partial charge in [-0.2, -0.15) is 4.98 Å². The highest BCUT2D eigenvalue weighted by atomic mass is 19.1. The Morgan fingerprint density at radius 1 is 1.21 bits per heavy atom. The Labute approximate surface area is 138 Å². The molecule has 1 aliphatic rings. The highest BCUT2D eigenvalue weighted by molar-refractivity contribution is 5.74. The number of oxazole rings is 1. The number of hydrogen-bond donors (Lipinski definition) is 1. The third kappa shape index (κ3) is 3.02. The van der Waals surface area contributed by atoms with Crippen LogP contribution in [0.25, 0.3) is 11.1 Å². The SMILES string of the molecule is Cc1cc(NC2CCN(c3nc4ccc(F)cc4o3)CC2)ncn1. The maximum Gasteiger partial charge on any atom is 0.298 e. The molecule has 4 rings (SSSR count). The zero-order valence-corrected chi connectivity index (χ0v) is 13.4. The predicted molar refractivity (Wildman–Crippen MR) is 89.6 cm³/mol. The minimum Gasteiger partial charge on any atom is -0.423 e.